The summed E-state index contributed by atoms with van der Waals surface area (Å²) in [5.41, 5.74) is 3.04. The van der Waals surface area contributed by atoms with Crippen LogP contribution in [-0.4, -0.2) is 11.0 Å². The van der Waals surface area contributed by atoms with E-state index in [1.165, 1.54) is 4.90 Å². The van der Waals surface area contributed by atoms with Gasteiger partial charge in [0.25, 0.3) is 0 Å². The van der Waals surface area contributed by atoms with Crippen LogP contribution in [-0.2, 0) is 0 Å². The van der Waals surface area contributed by atoms with Crippen LogP contribution in [0.15, 0.2) is 83.8 Å². The highest BCUT2D eigenvalue weighted by molar-refractivity contribution is 8.00. The first-order valence-electron chi connectivity index (χ1n) is 9.31. The number of ketones is 1. The zero-order valence-electron chi connectivity index (χ0n) is 15.0. The minimum absolute atomic E-state index is 0.146. The number of hydrogen-bond acceptors (Lipinski definition) is 2. The maximum absolute atomic E-state index is 12.9. The molecule has 0 spiro atoms. The molecule has 136 valence electrons. The molecule has 27 heavy (non-hydrogen) atoms. The van der Waals surface area contributed by atoms with Gasteiger partial charge in [-0.2, -0.15) is 0 Å². The van der Waals surface area contributed by atoms with Crippen LogP contribution >= 0.6 is 23.4 Å². The molecule has 1 aliphatic rings. The Morgan fingerprint density at radius 1 is 0.815 bits per heavy atom. The van der Waals surface area contributed by atoms with Gasteiger partial charge in [0.1, 0.15) is 0 Å². The largest absolute Gasteiger partial charge is 0.294 e. The maximum atomic E-state index is 12.9. The van der Waals surface area contributed by atoms with Crippen molar-refractivity contribution in [1.82, 2.24) is 0 Å². The van der Waals surface area contributed by atoms with Crippen molar-refractivity contribution in [3.63, 3.8) is 0 Å². The maximum Gasteiger partial charge on any atom is 0.165 e. The standard InChI is InChI=1S/C24H21ClOS/c25-21-13-10-18(11-14-21)17-6-8-19(9-7-17)24(26)20-12-15-23(16-20)27-22-4-2-1-3-5-22/h1-11,13-14,20,23H,12,15-16H2/t20-,23-/m1/s1. The fraction of sp³-hybridized carbons (Fsp3) is 0.208. The molecular formula is C24H21ClOS. The van der Waals surface area contributed by atoms with E-state index in [-0.39, 0.29) is 11.7 Å². The summed E-state index contributed by atoms with van der Waals surface area (Å²) in [5, 5.41) is 1.27. The van der Waals surface area contributed by atoms with E-state index in [1.807, 2.05) is 66.4 Å². The molecule has 3 aromatic rings. The van der Waals surface area contributed by atoms with Crippen molar-refractivity contribution in [3.8, 4) is 11.1 Å². The number of rotatable bonds is 5. The van der Waals surface area contributed by atoms with Crippen LogP contribution in [0.3, 0.4) is 0 Å². The summed E-state index contributed by atoms with van der Waals surface area (Å²) < 4.78 is 0. The van der Waals surface area contributed by atoms with Gasteiger partial charge in [0, 0.05) is 26.6 Å². The molecule has 3 aromatic carbocycles. The van der Waals surface area contributed by atoms with Crippen LogP contribution in [0.5, 0.6) is 0 Å². The van der Waals surface area contributed by atoms with Crippen molar-refractivity contribution < 1.29 is 4.79 Å². The molecule has 3 heteroatoms. The van der Waals surface area contributed by atoms with Crippen molar-refractivity contribution in [1.29, 1.82) is 0 Å². The highest BCUT2D eigenvalue weighted by atomic mass is 35.5. The zero-order chi connectivity index (χ0) is 18.6. The summed E-state index contributed by atoms with van der Waals surface area (Å²) in [5.74, 6) is 0.432. The second-order valence-corrected chi connectivity index (χ2v) is 8.82. The highest BCUT2D eigenvalue weighted by Gasteiger charge is 2.30. The normalized spacial score (nSPS) is 19.1. The predicted molar refractivity (Wildman–Crippen MR) is 115 cm³/mol. The molecule has 0 bridgehead atoms. The monoisotopic (exact) mass is 392 g/mol. The first-order chi connectivity index (χ1) is 13.2. The van der Waals surface area contributed by atoms with E-state index in [1.54, 1.807) is 0 Å². The number of Topliss-reactive ketones (excluding diaryl/α,β-unsaturated/α-hetero) is 1. The van der Waals surface area contributed by atoms with Crippen LogP contribution in [0.2, 0.25) is 5.02 Å². The quantitative estimate of drug-likeness (QED) is 0.429. The Morgan fingerprint density at radius 3 is 2.11 bits per heavy atom. The van der Waals surface area contributed by atoms with Crippen LogP contribution in [0, 0.1) is 5.92 Å². The molecule has 0 aromatic heterocycles. The second-order valence-electron chi connectivity index (χ2n) is 7.01. The van der Waals surface area contributed by atoms with Gasteiger partial charge in [-0.15, -0.1) is 11.8 Å². The van der Waals surface area contributed by atoms with E-state index in [9.17, 15) is 4.79 Å². The molecule has 0 saturated heterocycles. The Hall–Kier alpha value is -2.03. The van der Waals surface area contributed by atoms with Crippen molar-refractivity contribution in [2.24, 2.45) is 5.92 Å². The lowest BCUT2D eigenvalue weighted by atomic mass is 9.94. The van der Waals surface area contributed by atoms with Crippen LogP contribution < -0.4 is 0 Å². The number of carbonyl (C=O) groups is 1. The summed E-state index contributed by atoms with van der Waals surface area (Å²) in [6.45, 7) is 0. The highest BCUT2D eigenvalue weighted by Crippen LogP contribution is 2.39. The van der Waals surface area contributed by atoms with Crippen molar-refractivity contribution >= 4 is 29.1 Å². The predicted octanol–water partition coefficient (Wildman–Crippen LogP) is 7.15. The molecule has 1 aliphatic carbocycles. The molecule has 0 amide bonds. The third-order valence-corrected chi connectivity index (χ3v) is 6.71. The van der Waals surface area contributed by atoms with E-state index in [0.717, 1.165) is 41.0 Å². The number of thioether (sulfide) groups is 1. The van der Waals surface area contributed by atoms with Crippen molar-refractivity contribution in [3.05, 3.63) is 89.4 Å². The topological polar surface area (TPSA) is 17.1 Å². The van der Waals surface area contributed by atoms with Crippen molar-refractivity contribution in [2.75, 3.05) is 0 Å². The van der Waals surface area contributed by atoms with Crippen LogP contribution in [0.4, 0.5) is 0 Å². The summed E-state index contributed by atoms with van der Waals surface area (Å²) in [7, 11) is 0. The van der Waals surface area contributed by atoms with Crippen LogP contribution in [0.1, 0.15) is 29.6 Å². The molecule has 1 saturated carbocycles. The summed E-state index contributed by atoms with van der Waals surface area (Å²) in [4.78, 5) is 14.2. The van der Waals surface area contributed by atoms with Crippen LogP contribution in [0.25, 0.3) is 11.1 Å². The summed E-state index contributed by atoms with van der Waals surface area (Å²) in [6, 6.07) is 26.2. The molecule has 0 N–H and O–H groups in total. The molecule has 0 aliphatic heterocycles. The average molecular weight is 393 g/mol. The van der Waals surface area contributed by atoms with E-state index in [2.05, 4.69) is 24.3 Å². The Kier molecular flexibility index (Phi) is 5.66. The minimum atomic E-state index is 0.146. The Labute approximate surface area is 169 Å². The third-order valence-electron chi connectivity index (χ3n) is 5.15. The molecule has 1 fully saturated rings. The Balaban J connectivity index is 1.40. The second kappa shape index (κ2) is 8.33. The lowest BCUT2D eigenvalue weighted by molar-refractivity contribution is 0.0923. The van der Waals surface area contributed by atoms with Gasteiger partial charge in [0.2, 0.25) is 0 Å². The molecule has 4 rings (SSSR count). The lowest BCUT2D eigenvalue weighted by Crippen LogP contribution is -2.12. The number of hydrogen-bond donors (Lipinski definition) is 0. The van der Waals surface area contributed by atoms with E-state index in [4.69, 9.17) is 11.6 Å². The minimum Gasteiger partial charge on any atom is -0.294 e. The number of carbonyl (C=O) groups excluding carboxylic acids is 1. The lowest BCUT2D eigenvalue weighted by Gasteiger charge is -2.11. The third kappa shape index (κ3) is 4.45. The SMILES string of the molecule is O=C(c1ccc(-c2ccc(Cl)cc2)cc1)[C@@H]1CC[C@@H](Sc2ccccc2)C1. The first kappa shape index (κ1) is 18.3. The Bertz CT molecular complexity index is 903. The van der Waals surface area contributed by atoms with Gasteiger partial charge >= 0.3 is 0 Å². The molecule has 0 unspecified atom stereocenters. The summed E-state index contributed by atoms with van der Waals surface area (Å²) >= 11 is 7.86. The fourth-order valence-electron chi connectivity index (χ4n) is 3.68. The molecular weight excluding hydrogens is 372 g/mol. The van der Waals surface area contributed by atoms with Gasteiger partial charge in [-0.1, -0.05) is 66.2 Å². The fourth-order valence-corrected chi connectivity index (χ4v) is 5.09. The molecule has 2 atom stereocenters. The zero-order valence-corrected chi connectivity index (χ0v) is 16.5. The molecule has 0 radical (unpaired) electrons. The van der Waals surface area contributed by atoms with Crippen molar-refractivity contribution in [2.45, 2.75) is 29.4 Å². The smallest absolute Gasteiger partial charge is 0.165 e. The van der Waals surface area contributed by atoms with E-state index < -0.39 is 0 Å². The number of benzene rings is 3. The van der Waals surface area contributed by atoms with Gasteiger partial charge in [0.05, 0.1) is 0 Å². The molecule has 0 heterocycles. The summed E-state index contributed by atoms with van der Waals surface area (Å²) in [6.07, 6.45) is 3.07. The molecule has 1 nitrogen and oxygen atoms in total. The number of halogens is 1. The van der Waals surface area contributed by atoms with Gasteiger partial charge in [-0.05, 0) is 54.7 Å². The Morgan fingerprint density at radius 2 is 1.44 bits per heavy atom. The van der Waals surface area contributed by atoms with Gasteiger partial charge in [-0.3, -0.25) is 4.79 Å². The first-order valence-corrected chi connectivity index (χ1v) is 10.6. The van der Waals surface area contributed by atoms with E-state index >= 15 is 0 Å². The average Bonchev–Trinajstić information content (AvgIpc) is 3.17. The van der Waals surface area contributed by atoms with Gasteiger partial charge in [0.15, 0.2) is 5.78 Å². The van der Waals surface area contributed by atoms with Gasteiger partial charge < -0.3 is 0 Å². The van der Waals surface area contributed by atoms with E-state index in [0.29, 0.717) is 5.25 Å². The van der Waals surface area contributed by atoms with Gasteiger partial charge in [-0.25, -0.2) is 0 Å².